The molecule has 1 aliphatic rings. The highest BCUT2D eigenvalue weighted by molar-refractivity contribution is 7.21. The van der Waals surface area contributed by atoms with Gasteiger partial charge in [-0.2, -0.15) is 0 Å². The Morgan fingerprint density at radius 2 is 1.88 bits per heavy atom. The molecule has 92 valence electrons. The van der Waals surface area contributed by atoms with Gasteiger partial charge in [-0.05, 0) is 18.8 Å². The van der Waals surface area contributed by atoms with Crippen LogP contribution in [0, 0.1) is 26.1 Å². The third-order valence-corrected chi connectivity index (χ3v) is 3.76. The van der Waals surface area contributed by atoms with E-state index in [1.807, 2.05) is 0 Å². The van der Waals surface area contributed by atoms with Crippen molar-refractivity contribution in [3.8, 4) is 0 Å². The van der Waals surface area contributed by atoms with Gasteiger partial charge >= 0.3 is 11.4 Å². The summed E-state index contributed by atoms with van der Waals surface area (Å²) in [6.45, 7) is 0.592. The molecule has 0 atom stereocenters. The maximum Gasteiger partial charge on any atom is 0.381 e. The van der Waals surface area contributed by atoms with Gasteiger partial charge in [-0.3, -0.25) is 20.2 Å². The summed E-state index contributed by atoms with van der Waals surface area (Å²) >= 11 is 6.49. The molecule has 1 aromatic rings. The lowest BCUT2D eigenvalue weighted by Crippen LogP contribution is -2.04. The Bertz CT molecular complexity index is 485. The average Bonchev–Trinajstić information content (AvgIpc) is 2.98. The zero-order chi connectivity index (χ0) is 12.6. The summed E-state index contributed by atoms with van der Waals surface area (Å²) in [7, 11) is 0. The Balaban J connectivity index is 2.32. The van der Waals surface area contributed by atoms with Gasteiger partial charge in [0, 0.05) is 6.54 Å². The fourth-order valence-corrected chi connectivity index (χ4v) is 2.65. The van der Waals surface area contributed by atoms with E-state index in [4.69, 9.17) is 11.6 Å². The lowest BCUT2D eigenvalue weighted by Gasteiger charge is -1.99. The van der Waals surface area contributed by atoms with Crippen LogP contribution in [0.15, 0.2) is 0 Å². The van der Waals surface area contributed by atoms with E-state index >= 15 is 0 Å². The summed E-state index contributed by atoms with van der Waals surface area (Å²) in [5, 5.41) is 24.6. The third-order valence-electron chi connectivity index (χ3n) is 2.43. The molecule has 0 radical (unpaired) electrons. The van der Waals surface area contributed by atoms with E-state index in [0.717, 1.165) is 24.2 Å². The first-order valence-electron chi connectivity index (χ1n) is 4.85. The fourth-order valence-electron chi connectivity index (χ4n) is 1.39. The van der Waals surface area contributed by atoms with Crippen molar-refractivity contribution >= 4 is 39.3 Å². The van der Waals surface area contributed by atoms with Crippen LogP contribution in [0.3, 0.4) is 0 Å². The fraction of sp³-hybridized carbons (Fsp3) is 0.500. The normalized spacial score (nSPS) is 14.6. The van der Waals surface area contributed by atoms with Crippen molar-refractivity contribution in [2.75, 3.05) is 11.9 Å². The molecule has 1 N–H and O–H groups in total. The first-order valence-corrected chi connectivity index (χ1v) is 6.05. The van der Waals surface area contributed by atoms with E-state index < -0.39 is 21.2 Å². The van der Waals surface area contributed by atoms with Gasteiger partial charge in [0.05, 0.1) is 9.85 Å². The Morgan fingerprint density at radius 1 is 1.29 bits per heavy atom. The Kier molecular flexibility index (Phi) is 3.16. The van der Waals surface area contributed by atoms with Gasteiger partial charge in [0.15, 0.2) is 9.34 Å². The predicted molar refractivity (Wildman–Crippen MR) is 63.9 cm³/mol. The standard InChI is InChI=1S/C8H8ClN3O4S/c9-7-5(11(13)14)6(12(15)16)8(17-7)10-3-4-1-2-4/h4,10H,1-3H2. The molecule has 1 aliphatic carbocycles. The van der Waals surface area contributed by atoms with Gasteiger partial charge in [-0.25, -0.2) is 0 Å². The van der Waals surface area contributed by atoms with Crippen molar-refractivity contribution in [1.29, 1.82) is 0 Å². The van der Waals surface area contributed by atoms with Crippen molar-refractivity contribution in [2.45, 2.75) is 12.8 Å². The first kappa shape index (κ1) is 12.1. The quantitative estimate of drug-likeness (QED) is 0.659. The highest BCUT2D eigenvalue weighted by Gasteiger charge is 2.36. The molecule has 0 amide bonds. The van der Waals surface area contributed by atoms with Gasteiger partial charge in [-0.1, -0.05) is 22.9 Å². The summed E-state index contributed by atoms with van der Waals surface area (Å²) in [5.74, 6) is 0.509. The van der Waals surface area contributed by atoms with Crippen molar-refractivity contribution in [1.82, 2.24) is 0 Å². The van der Waals surface area contributed by atoms with Gasteiger partial charge in [0.25, 0.3) is 0 Å². The van der Waals surface area contributed by atoms with Gasteiger partial charge in [0.1, 0.15) is 0 Å². The summed E-state index contributed by atoms with van der Waals surface area (Å²) in [6, 6.07) is 0. The molecule has 17 heavy (non-hydrogen) atoms. The number of anilines is 1. The number of thiophene rings is 1. The van der Waals surface area contributed by atoms with Crippen molar-refractivity contribution in [3.63, 3.8) is 0 Å². The molecule has 1 fully saturated rings. The number of nitrogens with zero attached hydrogens (tertiary/aromatic N) is 2. The monoisotopic (exact) mass is 277 g/mol. The van der Waals surface area contributed by atoms with E-state index in [-0.39, 0.29) is 9.34 Å². The van der Waals surface area contributed by atoms with Crippen LogP contribution in [0.1, 0.15) is 12.8 Å². The zero-order valence-electron chi connectivity index (χ0n) is 8.51. The lowest BCUT2D eigenvalue weighted by atomic mass is 10.4. The molecule has 0 spiro atoms. The van der Waals surface area contributed by atoms with E-state index in [0.29, 0.717) is 12.5 Å². The molecule has 0 aromatic carbocycles. The third kappa shape index (κ3) is 2.47. The number of hydrogen-bond acceptors (Lipinski definition) is 6. The van der Waals surface area contributed by atoms with E-state index in [1.54, 1.807) is 0 Å². The molecule has 7 nitrogen and oxygen atoms in total. The zero-order valence-corrected chi connectivity index (χ0v) is 10.1. The molecule has 0 aliphatic heterocycles. The number of halogens is 1. The Labute approximate surface area is 105 Å². The molecular weight excluding hydrogens is 270 g/mol. The molecule has 1 heterocycles. The second-order valence-electron chi connectivity index (χ2n) is 3.74. The smallest absolute Gasteiger partial charge is 0.371 e. The van der Waals surface area contributed by atoms with Crippen LogP contribution in [0.5, 0.6) is 0 Å². The van der Waals surface area contributed by atoms with Crippen molar-refractivity contribution in [3.05, 3.63) is 24.6 Å². The van der Waals surface area contributed by atoms with Crippen molar-refractivity contribution in [2.24, 2.45) is 5.92 Å². The Morgan fingerprint density at radius 3 is 2.35 bits per heavy atom. The molecular formula is C8H8ClN3O4S. The van der Waals surface area contributed by atoms with Crippen LogP contribution in [-0.2, 0) is 0 Å². The Hall–Kier alpha value is -1.41. The maximum atomic E-state index is 10.8. The largest absolute Gasteiger partial charge is 0.381 e. The minimum Gasteiger partial charge on any atom is -0.371 e. The summed E-state index contributed by atoms with van der Waals surface area (Å²) in [6.07, 6.45) is 2.17. The van der Waals surface area contributed by atoms with Crippen LogP contribution >= 0.6 is 22.9 Å². The van der Waals surface area contributed by atoms with Crippen molar-refractivity contribution < 1.29 is 9.85 Å². The molecule has 1 aromatic heterocycles. The average molecular weight is 278 g/mol. The lowest BCUT2D eigenvalue weighted by molar-refractivity contribution is -0.421. The number of nitrogens with one attached hydrogen (secondary N) is 1. The molecule has 9 heteroatoms. The van der Waals surface area contributed by atoms with Gasteiger partial charge in [0.2, 0.25) is 0 Å². The molecule has 0 unspecified atom stereocenters. The summed E-state index contributed by atoms with van der Waals surface area (Å²) < 4.78 is -0.167. The number of rotatable bonds is 5. The van der Waals surface area contributed by atoms with E-state index in [1.165, 1.54) is 0 Å². The van der Waals surface area contributed by atoms with Crippen LogP contribution < -0.4 is 5.32 Å². The molecule has 2 rings (SSSR count). The second-order valence-corrected chi connectivity index (χ2v) is 5.36. The number of nitro groups is 2. The van der Waals surface area contributed by atoms with Crippen LogP contribution in [0.25, 0.3) is 0 Å². The van der Waals surface area contributed by atoms with Gasteiger partial charge in [-0.15, -0.1) is 0 Å². The summed E-state index contributed by atoms with van der Waals surface area (Å²) in [4.78, 5) is 19.9. The predicted octanol–water partition coefficient (Wildman–Crippen LogP) is 3.04. The van der Waals surface area contributed by atoms with Gasteiger partial charge < -0.3 is 5.32 Å². The van der Waals surface area contributed by atoms with Crippen LogP contribution in [0.2, 0.25) is 4.34 Å². The maximum absolute atomic E-state index is 10.8. The van der Waals surface area contributed by atoms with Crippen LogP contribution in [-0.4, -0.2) is 16.4 Å². The molecule has 0 saturated heterocycles. The topological polar surface area (TPSA) is 98.3 Å². The molecule has 0 bridgehead atoms. The van der Waals surface area contributed by atoms with E-state index in [2.05, 4.69) is 5.32 Å². The minimum absolute atomic E-state index is 0.165. The highest BCUT2D eigenvalue weighted by Crippen LogP contribution is 2.48. The van der Waals surface area contributed by atoms with E-state index in [9.17, 15) is 20.2 Å². The SMILES string of the molecule is O=[N+]([O-])c1c(Cl)sc(NCC2CC2)c1[N+](=O)[O-]. The number of hydrogen-bond donors (Lipinski definition) is 1. The highest BCUT2D eigenvalue weighted by atomic mass is 35.5. The summed E-state index contributed by atoms with van der Waals surface area (Å²) in [5.41, 5.74) is -1.16. The second kappa shape index (κ2) is 4.46. The minimum atomic E-state index is -0.820. The molecule has 1 saturated carbocycles. The first-order chi connectivity index (χ1) is 8.00. The van der Waals surface area contributed by atoms with Crippen LogP contribution in [0.4, 0.5) is 16.4 Å².